The van der Waals surface area contributed by atoms with Crippen LogP contribution in [0.5, 0.6) is 5.75 Å². The Morgan fingerprint density at radius 1 is 1.04 bits per heavy atom. The number of carbonyl (C=O) groups excluding carboxylic acids is 1. The van der Waals surface area contributed by atoms with Crippen LogP contribution in [-0.2, 0) is 6.61 Å². The molecule has 0 saturated carbocycles. The van der Waals surface area contributed by atoms with Gasteiger partial charge < -0.3 is 4.74 Å². The molecule has 0 heterocycles. The van der Waals surface area contributed by atoms with E-state index in [0.717, 1.165) is 21.2 Å². The summed E-state index contributed by atoms with van der Waals surface area (Å²) in [4.78, 5) is 12.2. The number of nitrogens with zero attached hydrogens (tertiary/aromatic N) is 1. The molecule has 0 unspecified atom stereocenters. The normalized spacial score (nSPS) is 10.7. The van der Waals surface area contributed by atoms with Crippen molar-refractivity contribution < 1.29 is 9.53 Å². The molecule has 0 saturated heterocycles. The van der Waals surface area contributed by atoms with Crippen LogP contribution in [0.3, 0.4) is 0 Å². The molecule has 5 heteroatoms. The lowest BCUT2D eigenvalue weighted by molar-refractivity contribution is 0.0954. The Hall–Kier alpha value is -2.92. The van der Waals surface area contributed by atoms with Crippen molar-refractivity contribution in [2.45, 2.75) is 13.5 Å². The molecule has 0 aliphatic carbocycles. The summed E-state index contributed by atoms with van der Waals surface area (Å²) in [6, 6.07) is 22.9. The van der Waals surface area contributed by atoms with Crippen LogP contribution in [0.25, 0.3) is 0 Å². The fraction of sp³-hybridized carbons (Fsp3) is 0.0909. The highest BCUT2D eigenvalue weighted by atomic mass is 79.9. The van der Waals surface area contributed by atoms with Crippen molar-refractivity contribution in [2.75, 3.05) is 0 Å². The highest BCUT2D eigenvalue weighted by molar-refractivity contribution is 9.10. The number of hydrogen-bond donors (Lipinski definition) is 1. The Labute approximate surface area is 167 Å². The van der Waals surface area contributed by atoms with Crippen molar-refractivity contribution in [3.8, 4) is 5.75 Å². The lowest BCUT2D eigenvalue weighted by Gasteiger charge is -2.09. The average molecular weight is 423 g/mol. The molecule has 0 fully saturated rings. The minimum atomic E-state index is -0.238. The number of halogens is 1. The predicted molar refractivity (Wildman–Crippen MR) is 111 cm³/mol. The average Bonchev–Trinajstić information content (AvgIpc) is 2.68. The third-order valence-electron chi connectivity index (χ3n) is 3.99. The van der Waals surface area contributed by atoms with Gasteiger partial charge in [-0.25, -0.2) is 5.43 Å². The smallest absolute Gasteiger partial charge is 0.271 e. The van der Waals surface area contributed by atoms with Gasteiger partial charge in [0.1, 0.15) is 12.4 Å². The summed E-state index contributed by atoms with van der Waals surface area (Å²) in [6.07, 6.45) is 1.59. The number of rotatable bonds is 6. The monoisotopic (exact) mass is 422 g/mol. The lowest BCUT2D eigenvalue weighted by Crippen LogP contribution is -2.18. The van der Waals surface area contributed by atoms with E-state index in [4.69, 9.17) is 4.74 Å². The molecule has 4 nitrogen and oxygen atoms in total. The number of hydrogen-bond acceptors (Lipinski definition) is 3. The fourth-order valence-corrected chi connectivity index (χ4v) is 2.77. The standard InChI is InChI=1S/C22H19BrN2O2/c1-16-6-2-4-8-20(16)22(26)25-24-14-18-7-3-5-9-21(18)27-15-17-10-12-19(23)13-11-17/h2-14H,15H2,1H3,(H,25,26)/b24-14+. The van der Waals surface area contributed by atoms with E-state index in [1.165, 1.54) is 0 Å². The van der Waals surface area contributed by atoms with E-state index in [1.807, 2.05) is 73.7 Å². The highest BCUT2D eigenvalue weighted by Gasteiger charge is 2.07. The maximum atomic E-state index is 12.2. The van der Waals surface area contributed by atoms with E-state index >= 15 is 0 Å². The molecule has 3 aromatic carbocycles. The van der Waals surface area contributed by atoms with Gasteiger partial charge >= 0.3 is 0 Å². The minimum Gasteiger partial charge on any atom is -0.488 e. The van der Waals surface area contributed by atoms with Gasteiger partial charge in [0.25, 0.3) is 5.91 Å². The van der Waals surface area contributed by atoms with Crippen LogP contribution in [0, 0.1) is 6.92 Å². The molecule has 0 spiro atoms. The summed E-state index contributed by atoms with van der Waals surface area (Å²) < 4.78 is 6.94. The van der Waals surface area contributed by atoms with Crippen LogP contribution in [0.15, 0.2) is 82.4 Å². The summed E-state index contributed by atoms with van der Waals surface area (Å²) in [7, 11) is 0. The van der Waals surface area contributed by atoms with E-state index in [2.05, 4.69) is 26.5 Å². The van der Waals surface area contributed by atoms with Gasteiger partial charge in [0.15, 0.2) is 0 Å². The molecule has 0 aromatic heterocycles. The number of aryl methyl sites for hydroxylation is 1. The third-order valence-corrected chi connectivity index (χ3v) is 4.51. The van der Waals surface area contributed by atoms with Gasteiger partial charge in [0.05, 0.1) is 6.21 Å². The number of para-hydroxylation sites is 1. The van der Waals surface area contributed by atoms with Gasteiger partial charge in [0.2, 0.25) is 0 Å². The maximum Gasteiger partial charge on any atom is 0.271 e. The van der Waals surface area contributed by atoms with Gasteiger partial charge in [-0.15, -0.1) is 0 Å². The van der Waals surface area contributed by atoms with Crippen LogP contribution in [0.4, 0.5) is 0 Å². The molecule has 0 bridgehead atoms. The Kier molecular flexibility index (Phi) is 6.39. The van der Waals surface area contributed by atoms with Gasteiger partial charge in [-0.2, -0.15) is 5.10 Å². The van der Waals surface area contributed by atoms with Gasteiger partial charge in [-0.3, -0.25) is 4.79 Å². The zero-order chi connectivity index (χ0) is 19.1. The summed E-state index contributed by atoms with van der Waals surface area (Å²) in [5.74, 6) is 0.465. The molecule has 1 amide bonds. The molecule has 27 heavy (non-hydrogen) atoms. The van der Waals surface area contributed by atoms with Crippen molar-refractivity contribution in [3.05, 3.63) is 99.5 Å². The van der Waals surface area contributed by atoms with Crippen molar-refractivity contribution in [1.29, 1.82) is 0 Å². The summed E-state index contributed by atoms with van der Waals surface area (Å²) in [5, 5.41) is 4.08. The molecular weight excluding hydrogens is 404 g/mol. The first kappa shape index (κ1) is 18.9. The first-order valence-corrected chi connectivity index (χ1v) is 9.28. The van der Waals surface area contributed by atoms with Crippen molar-refractivity contribution in [2.24, 2.45) is 5.10 Å². The van der Waals surface area contributed by atoms with Crippen LogP contribution in [0.1, 0.15) is 27.0 Å². The van der Waals surface area contributed by atoms with E-state index in [0.29, 0.717) is 17.9 Å². The van der Waals surface area contributed by atoms with Crippen LogP contribution in [-0.4, -0.2) is 12.1 Å². The molecular formula is C22H19BrN2O2. The number of carbonyl (C=O) groups is 1. The second-order valence-corrected chi connectivity index (χ2v) is 6.88. The Morgan fingerprint density at radius 3 is 2.52 bits per heavy atom. The Bertz CT molecular complexity index is 953. The fourth-order valence-electron chi connectivity index (χ4n) is 2.51. The van der Waals surface area contributed by atoms with Crippen LogP contribution in [0.2, 0.25) is 0 Å². The second kappa shape index (κ2) is 9.14. The first-order chi connectivity index (χ1) is 13.1. The van der Waals surface area contributed by atoms with Crippen molar-refractivity contribution in [1.82, 2.24) is 5.43 Å². The SMILES string of the molecule is Cc1ccccc1C(=O)N/N=C/c1ccccc1OCc1ccc(Br)cc1. The molecule has 3 aromatic rings. The van der Waals surface area contributed by atoms with Crippen LogP contribution >= 0.6 is 15.9 Å². The van der Waals surface area contributed by atoms with Crippen molar-refractivity contribution >= 4 is 28.1 Å². The number of benzene rings is 3. The van der Waals surface area contributed by atoms with E-state index in [9.17, 15) is 4.79 Å². The summed E-state index contributed by atoms with van der Waals surface area (Å²) in [6.45, 7) is 2.34. The zero-order valence-electron chi connectivity index (χ0n) is 14.9. The number of amides is 1. The quantitative estimate of drug-likeness (QED) is 0.443. The first-order valence-electron chi connectivity index (χ1n) is 8.49. The Balaban J connectivity index is 1.65. The molecule has 3 rings (SSSR count). The molecule has 136 valence electrons. The van der Waals surface area contributed by atoms with E-state index in [1.54, 1.807) is 12.3 Å². The second-order valence-electron chi connectivity index (χ2n) is 5.97. The Morgan fingerprint density at radius 2 is 1.74 bits per heavy atom. The van der Waals surface area contributed by atoms with Crippen molar-refractivity contribution in [3.63, 3.8) is 0 Å². The number of hydrazone groups is 1. The number of ether oxygens (including phenoxy) is 1. The molecule has 0 radical (unpaired) electrons. The molecule has 0 aliphatic rings. The lowest BCUT2D eigenvalue weighted by atomic mass is 10.1. The summed E-state index contributed by atoms with van der Waals surface area (Å²) >= 11 is 3.42. The molecule has 0 atom stereocenters. The summed E-state index contributed by atoms with van der Waals surface area (Å²) in [5.41, 5.74) is 5.94. The third kappa shape index (κ3) is 5.28. The van der Waals surface area contributed by atoms with Gasteiger partial charge in [-0.05, 0) is 48.4 Å². The van der Waals surface area contributed by atoms with Gasteiger partial charge in [0, 0.05) is 15.6 Å². The molecule has 0 aliphatic heterocycles. The van der Waals surface area contributed by atoms with E-state index in [-0.39, 0.29) is 5.91 Å². The van der Waals surface area contributed by atoms with E-state index < -0.39 is 0 Å². The van der Waals surface area contributed by atoms with Gasteiger partial charge in [-0.1, -0.05) is 58.4 Å². The highest BCUT2D eigenvalue weighted by Crippen LogP contribution is 2.18. The maximum absolute atomic E-state index is 12.2. The molecule has 1 N–H and O–H groups in total. The largest absolute Gasteiger partial charge is 0.488 e. The minimum absolute atomic E-state index is 0.238. The predicted octanol–water partition coefficient (Wildman–Crippen LogP) is 5.10. The topological polar surface area (TPSA) is 50.7 Å². The van der Waals surface area contributed by atoms with Crippen LogP contribution < -0.4 is 10.2 Å². The zero-order valence-corrected chi connectivity index (χ0v) is 16.4. The number of nitrogens with one attached hydrogen (secondary N) is 1.